The van der Waals surface area contributed by atoms with E-state index in [0.29, 0.717) is 12.6 Å². The van der Waals surface area contributed by atoms with Gasteiger partial charge in [-0.05, 0) is 56.1 Å². The van der Waals surface area contributed by atoms with Crippen molar-refractivity contribution >= 4 is 6.03 Å². The predicted octanol–water partition coefficient (Wildman–Crippen LogP) is 2.12. The van der Waals surface area contributed by atoms with E-state index < -0.39 is 0 Å². The second-order valence-corrected chi connectivity index (χ2v) is 5.95. The summed E-state index contributed by atoms with van der Waals surface area (Å²) in [4.78, 5) is 16.4. The van der Waals surface area contributed by atoms with Crippen molar-refractivity contribution in [2.24, 2.45) is 0 Å². The average molecular weight is 291 g/mol. The predicted molar refractivity (Wildman–Crippen MR) is 79.5 cm³/mol. The number of nitrogens with zero attached hydrogens (tertiary/aromatic N) is 2. The Kier molecular flexibility index (Phi) is 4.10. The maximum atomic E-state index is 13.4. The van der Waals surface area contributed by atoms with Gasteiger partial charge in [0.1, 0.15) is 5.82 Å². The fraction of sp³-hybridized carbons (Fsp3) is 0.562. The van der Waals surface area contributed by atoms with Crippen molar-refractivity contribution < 1.29 is 9.18 Å². The number of amides is 2. The minimum absolute atomic E-state index is 0.102. The molecule has 2 aliphatic heterocycles. The zero-order chi connectivity index (χ0) is 14.8. The van der Waals surface area contributed by atoms with Crippen LogP contribution in [-0.4, -0.2) is 48.1 Å². The van der Waals surface area contributed by atoms with Crippen molar-refractivity contribution in [1.29, 1.82) is 0 Å². The Hall–Kier alpha value is -1.62. The number of halogens is 1. The number of urea groups is 1. The van der Waals surface area contributed by atoms with Crippen molar-refractivity contribution in [2.45, 2.75) is 32.4 Å². The fourth-order valence-corrected chi connectivity index (χ4v) is 3.22. The van der Waals surface area contributed by atoms with Gasteiger partial charge in [-0.15, -0.1) is 0 Å². The first kappa shape index (κ1) is 14.3. The van der Waals surface area contributed by atoms with Gasteiger partial charge in [-0.2, -0.15) is 0 Å². The van der Waals surface area contributed by atoms with Crippen molar-refractivity contribution in [1.82, 2.24) is 15.1 Å². The summed E-state index contributed by atoms with van der Waals surface area (Å²) >= 11 is 0. The Morgan fingerprint density at radius 3 is 2.81 bits per heavy atom. The molecule has 0 atom stereocenters. The molecule has 0 unspecified atom stereocenters. The number of hydrogen-bond acceptors (Lipinski definition) is 2. The standard InChI is InChI=1S/C16H22FN3O/c1-12-2-3-14(17)10-13(12)11-19-8-9-20(16(19)21)15-4-6-18-7-5-15/h2-3,10,15,18H,4-9,11H2,1H3. The van der Waals surface area contributed by atoms with Crippen molar-refractivity contribution in [3.8, 4) is 0 Å². The van der Waals surface area contributed by atoms with Crippen LogP contribution in [-0.2, 0) is 6.54 Å². The summed E-state index contributed by atoms with van der Waals surface area (Å²) in [5, 5.41) is 3.32. The number of rotatable bonds is 3. The molecular formula is C16H22FN3O. The molecule has 2 saturated heterocycles. The number of aryl methyl sites for hydroxylation is 1. The number of nitrogens with one attached hydrogen (secondary N) is 1. The Morgan fingerprint density at radius 1 is 1.29 bits per heavy atom. The number of carbonyl (C=O) groups excluding carboxylic acids is 1. The van der Waals surface area contributed by atoms with E-state index in [2.05, 4.69) is 5.32 Å². The summed E-state index contributed by atoms with van der Waals surface area (Å²) in [6, 6.07) is 5.24. The summed E-state index contributed by atoms with van der Waals surface area (Å²) in [5.41, 5.74) is 1.93. The molecule has 0 aliphatic carbocycles. The van der Waals surface area contributed by atoms with Gasteiger partial charge in [0.25, 0.3) is 0 Å². The number of hydrogen-bond donors (Lipinski definition) is 1. The minimum Gasteiger partial charge on any atom is -0.320 e. The lowest BCUT2D eigenvalue weighted by Gasteiger charge is -2.31. The average Bonchev–Trinajstić information content (AvgIpc) is 2.85. The molecule has 4 nitrogen and oxygen atoms in total. The summed E-state index contributed by atoms with van der Waals surface area (Å²) < 4.78 is 13.4. The van der Waals surface area contributed by atoms with E-state index in [4.69, 9.17) is 0 Å². The minimum atomic E-state index is -0.238. The van der Waals surface area contributed by atoms with Gasteiger partial charge >= 0.3 is 6.03 Å². The second-order valence-electron chi connectivity index (χ2n) is 5.95. The van der Waals surface area contributed by atoms with Crippen LogP contribution in [0.15, 0.2) is 18.2 Å². The molecule has 1 N–H and O–H groups in total. The van der Waals surface area contributed by atoms with E-state index >= 15 is 0 Å². The van der Waals surface area contributed by atoms with E-state index in [0.717, 1.165) is 50.1 Å². The van der Waals surface area contributed by atoms with Crippen LogP contribution in [0.3, 0.4) is 0 Å². The zero-order valence-corrected chi connectivity index (χ0v) is 12.4. The molecule has 21 heavy (non-hydrogen) atoms. The molecule has 2 fully saturated rings. The molecule has 2 amide bonds. The highest BCUT2D eigenvalue weighted by Gasteiger charge is 2.34. The number of benzene rings is 1. The lowest BCUT2D eigenvalue weighted by atomic mass is 10.1. The third-order valence-corrected chi connectivity index (χ3v) is 4.55. The Balaban J connectivity index is 1.67. The van der Waals surface area contributed by atoms with Crippen molar-refractivity contribution in [2.75, 3.05) is 26.2 Å². The largest absolute Gasteiger partial charge is 0.320 e. The molecule has 1 aromatic carbocycles. The van der Waals surface area contributed by atoms with E-state index in [9.17, 15) is 9.18 Å². The van der Waals surface area contributed by atoms with Crippen LogP contribution in [0, 0.1) is 12.7 Å². The first-order valence-corrected chi connectivity index (χ1v) is 7.66. The maximum absolute atomic E-state index is 13.4. The summed E-state index contributed by atoms with van der Waals surface area (Å²) in [7, 11) is 0. The fourth-order valence-electron chi connectivity index (χ4n) is 3.22. The monoisotopic (exact) mass is 291 g/mol. The smallest absolute Gasteiger partial charge is 0.320 e. The van der Waals surface area contributed by atoms with Crippen molar-refractivity contribution in [3.63, 3.8) is 0 Å². The van der Waals surface area contributed by atoms with E-state index in [1.807, 2.05) is 16.7 Å². The molecule has 5 heteroatoms. The SMILES string of the molecule is Cc1ccc(F)cc1CN1CCN(C2CCNCC2)C1=O. The normalized spacial score (nSPS) is 20.4. The van der Waals surface area contributed by atoms with Gasteiger partial charge in [-0.25, -0.2) is 9.18 Å². The van der Waals surface area contributed by atoms with Gasteiger partial charge in [0.2, 0.25) is 0 Å². The summed E-state index contributed by atoms with van der Waals surface area (Å²) in [6.07, 6.45) is 2.05. The van der Waals surface area contributed by atoms with E-state index in [1.54, 1.807) is 6.07 Å². The van der Waals surface area contributed by atoms with Crippen LogP contribution in [0.1, 0.15) is 24.0 Å². The molecule has 0 radical (unpaired) electrons. The first-order chi connectivity index (χ1) is 10.1. The van der Waals surface area contributed by atoms with Gasteiger partial charge in [0, 0.05) is 25.7 Å². The third-order valence-electron chi connectivity index (χ3n) is 4.55. The lowest BCUT2D eigenvalue weighted by molar-refractivity contribution is 0.164. The Bertz CT molecular complexity index is 528. The first-order valence-electron chi connectivity index (χ1n) is 7.66. The molecule has 114 valence electrons. The Labute approximate surface area is 124 Å². The van der Waals surface area contributed by atoms with Gasteiger partial charge in [-0.3, -0.25) is 0 Å². The molecule has 1 aromatic rings. The highest BCUT2D eigenvalue weighted by molar-refractivity contribution is 5.77. The molecule has 2 heterocycles. The van der Waals surface area contributed by atoms with Gasteiger partial charge in [-0.1, -0.05) is 6.07 Å². The summed E-state index contributed by atoms with van der Waals surface area (Å²) in [6.45, 7) is 5.95. The van der Waals surface area contributed by atoms with Gasteiger partial charge in [0.15, 0.2) is 0 Å². The van der Waals surface area contributed by atoms with Crippen LogP contribution < -0.4 is 5.32 Å². The van der Waals surface area contributed by atoms with Crippen LogP contribution >= 0.6 is 0 Å². The summed E-state index contributed by atoms with van der Waals surface area (Å²) in [5.74, 6) is -0.238. The Morgan fingerprint density at radius 2 is 2.05 bits per heavy atom. The van der Waals surface area contributed by atoms with Gasteiger partial charge < -0.3 is 15.1 Å². The van der Waals surface area contributed by atoms with Gasteiger partial charge in [0.05, 0.1) is 0 Å². The highest BCUT2D eigenvalue weighted by Crippen LogP contribution is 2.21. The van der Waals surface area contributed by atoms with E-state index in [1.165, 1.54) is 12.1 Å². The molecular weight excluding hydrogens is 269 g/mol. The molecule has 0 bridgehead atoms. The van der Waals surface area contributed by atoms with Crippen LogP contribution in [0.4, 0.5) is 9.18 Å². The highest BCUT2D eigenvalue weighted by atomic mass is 19.1. The third kappa shape index (κ3) is 3.02. The maximum Gasteiger partial charge on any atom is 0.320 e. The second kappa shape index (κ2) is 6.02. The van der Waals surface area contributed by atoms with Crippen LogP contribution in [0.5, 0.6) is 0 Å². The van der Waals surface area contributed by atoms with Crippen LogP contribution in [0.2, 0.25) is 0 Å². The molecule has 2 aliphatic rings. The molecule has 0 saturated carbocycles. The van der Waals surface area contributed by atoms with Crippen LogP contribution in [0.25, 0.3) is 0 Å². The molecule has 0 spiro atoms. The molecule has 0 aromatic heterocycles. The number of piperidine rings is 1. The van der Waals surface area contributed by atoms with E-state index in [-0.39, 0.29) is 11.8 Å². The number of carbonyl (C=O) groups is 1. The lowest BCUT2D eigenvalue weighted by Crippen LogP contribution is -2.45. The quantitative estimate of drug-likeness (QED) is 0.926. The molecule has 3 rings (SSSR count). The zero-order valence-electron chi connectivity index (χ0n) is 12.4. The van der Waals surface area contributed by atoms with Crippen molar-refractivity contribution in [3.05, 3.63) is 35.1 Å². The topological polar surface area (TPSA) is 35.6 Å².